The summed E-state index contributed by atoms with van der Waals surface area (Å²) in [5.41, 5.74) is 0.775. The number of hydrogen-bond acceptors (Lipinski definition) is 3. The van der Waals surface area contributed by atoms with Gasteiger partial charge in [0.05, 0.1) is 11.3 Å². The second-order valence-corrected chi connectivity index (χ2v) is 4.33. The van der Waals surface area contributed by atoms with Gasteiger partial charge in [-0.1, -0.05) is 36.9 Å². The number of rotatable bonds is 4. The Balaban J connectivity index is 2.24. The maximum absolute atomic E-state index is 12.1. The van der Waals surface area contributed by atoms with Crippen LogP contribution in [0.1, 0.15) is 15.9 Å². The summed E-state index contributed by atoms with van der Waals surface area (Å²) in [5.74, 6) is -1.94. The van der Waals surface area contributed by atoms with Gasteiger partial charge in [-0.2, -0.15) is 0 Å². The number of anilines is 1. The molecule has 2 aromatic rings. The van der Waals surface area contributed by atoms with Gasteiger partial charge in [0.1, 0.15) is 5.75 Å². The van der Waals surface area contributed by atoms with Crippen LogP contribution in [0.25, 0.3) is 5.57 Å². The number of benzene rings is 2. The van der Waals surface area contributed by atoms with Gasteiger partial charge in [-0.3, -0.25) is 4.79 Å². The molecule has 0 saturated carbocycles. The van der Waals surface area contributed by atoms with Crippen LogP contribution in [0.15, 0.2) is 55.1 Å². The van der Waals surface area contributed by atoms with Crippen molar-refractivity contribution >= 4 is 23.1 Å². The van der Waals surface area contributed by atoms with Crippen molar-refractivity contribution in [2.75, 3.05) is 5.32 Å². The highest BCUT2D eigenvalue weighted by Gasteiger charge is 2.15. The molecule has 0 aliphatic rings. The van der Waals surface area contributed by atoms with E-state index < -0.39 is 11.9 Å². The molecule has 0 aliphatic heterocycles. The highest BCUT2D eigenvalue weighted by molar-refractivity contribution is 6.25. The number of aromatic hydroxyl groups is 1. The van der Waals surface area contributed by atoms with Crippen molar-refractivity contribution in [3.8, 4) is 5.75 Å². The van der Waals surface area contributed by atoms with Crippen LogP contribution in [0.5, 0.6) is 5.75 Å². The number of carbonyl (C=O) groups excluding carboxylic acids is 1. The zero-order valence-electron chi connectivity index (χ0n) is 11.0. The Labute approximate surface area is 121 Å². The Bertz CT molecular complexity index is 707. The number of amides is 1. The minimum atomic E-state index is -1.24. The first-order valence-electron chi connectivity index (χ1n) is 6.11. The third kappa shape index (κ3) is 3.27. The number of aromatic carboxylic acids is 1. The molecule has 106 valence electrons. The molecule has 0 unspecified atom stereocenters. The van der Waals surface area contributed by atoms with Gasteiger partial charge in [0.15, 0.2) is 0 Å². The Hall–Kier alpha value is -3.08. The average molecular weight is 283 g/mol. The van der Waals surface area contributed by atoms with Gasteiger partial charge in [-0.25, -0.2) is 4.79 Å². The van der Waals surface area contributed by atoms with Crippen molar-refractivity contribution < 1.29 is 19.8 Å². The van der Waals surface area contributed by atoms with Gasteiger partial charge in [0, 0.05) is 5.57 Å². The van der Waals surface area contributed by atoms with E-state index in [1.807, 2.05) is 6.07 Å². The van der Waals surface area contributed by atoms with Crippen molar-refractivity contribution in [3.05, 3.63) is 66.2 Å². The summed E-state index contributed by atoms with van der Waals surface area (Å²) >= 11 is 0. The van der Waals surface area contributed by atoms with Crippen molar-refractivity contribution in [3.63, 3.8) is 0 Å². The molecule has 0 bridgehead atoms. The first-order chi connectivity index (χ1) is 9.99. The van der Waals surface area contributed by atoms with Gasteiger partial charge in [-0.05, 0) is 23.8 Å². The monoisotopic (exact) mass is 283 g/mol. The van der Waals surface area contributed by atoms with Crippen molar-refractivity contribution in [1.82, 2.24) is 0 Å². The molecule has 0 radical (unpaired) electrons. The van der Waals surface area contributed by atoms with E-state index in [0.717, 1.165) is 6.07 Å². The topological polar surface area (TPSA) is 86.6 Å². The lowest BCUT2D eigenvalue weighted by atomic mass is 10.1. The number of carbonyl (C=O) groups is 2. The van der Waals surface area contributed by atoms with E-state index in [1.165, 1.54) is 12.1 Å². The molecule has 0 heterocycles. The fourth-order valence-electron chi connectivity index (χ4n) is 1.79. The summed E-state index contributed by atoms with van der Waals surface area (Å²) in [7, 11) is 0. The Morgan fingerprint density at radius 3 is 2.33 bits per heavy atom. The maximum atomic E-state index is 12.1. The van der Waals surface area contributed by atoms with Gasteiger partial charge >= 0.3 is 5.97 Å². The van der Waals surface area contributed by atoms with Gasteiger partial charge in [0.25, 0.3) is 5.91 Å². The van der Waals surface area contributed by atoms with Crippen LogP contribution in [0.2, 0.25) is 0 Å². The van der Waals surface area contributed by atoms with Crippen LogP contribution in [-0.4, -0.2) is 22.1 Å². The van der Waals surface area contributed by atoms with E-state index in [0.29, 0.717) is 5.56 Å². The van der Waals surface area contributed by atoms with E-state index in [1.54, 1.807) is 24.3 Å². The maximum Gasteiger partial charge on any atom is 0.337 e. The third-order valence-corrected chi connectivity index (χ3v) is 2.88. The number of hydrogen-bond donors (Lipinski definition) is 3. The fourth-order valence-corrected chi connectivity index (χ4v) is 1.79. The Kier molecular flexibility index (Phi) is 4.04. The summed E-state index contributed by atoms with van der Waals surface area (Å²) in [6.45, 7) is 3.70. The molecular weight excluding hydrogens is 270 g/mol. The van der Waals surface area contributed by atoms with E-state index in [4.69, 9.17) is 5.11 Å². The molecule has 0 atom stereocenters. The summed E-state index contributed by atoms with van der Waals surface area (Å²) in [6.07, 6.45) is 0. The minimum absolute atomic E-state index is 0.0994. The van der Waals surface area contributed by atoms with Crippen LogP contribution < -0.4 is 5.32 Å². The number of phenolic OH excluding ortho intramolecular Hbond substituents is 1. The van der Waals surface area contributed by atoms with E-state index >= 15 is 0 Å². The molecule has 1 amide bonds. The molecule has 2 aromatic carbocycles. The molecule has 5 heteroatoms. The Morgan fingerprint density at radius 1 is 1.05 bits per heavy atom. The van der Waals surface area contributed by atoms with E-state index in [2.05, 4.69) is 11.9 Å². The smallest absolute Gasteiger partial charge is 0.337 e. The summed E-state index contributed by atoms with van der Waals surface area (Å²) in [4.78, 5) is 23.2. The second-order valence-electron chi connectivity index (χ2n) is 4.33. The number of nitrogens with one attached hydrogen (secondary N) is 1. The fraction of sp³-hybridized carbons (Fsp3) is 0. The molecule has 21 heavy (non-hydrogen) atoms. The van der Waals surface area contributed by atoms with Gasteiger partial charge < -0.3 is 15.5 Å². The summed E-state index contributed by atoms with van der Waals surface area (Å²) < 4.78 is 0. The van der Waals surface area contributed by atoms with Crippen LogP contribution >= 0.6 is 0 Å². The molecule has 3 N–H and O–H groups in total. The minimum Gasteiger partial charge on any atom is -0.508 e. The molecule has 5 nitrogen and oxygen atoms in total. The van der Waals surface area contributed by atoms with E-state index in [-0.39, 0.29) is 22.6 Å². The van der Waals surface area contributed by atoms with Crippen molar-refractivity contribution in [1.29, 1.82) is 0 Å². The normalized spacial score (nSPS) is 9.90. The zero-order valence-corrected chi connectivity index (χ0v) is 11.0. The highest BCUT2D eigenvalue weighted by Crippen LogP contribution is 2.23. The van der Waals surface area contributed by atoms with Gasteiger partial charge in [0.2, 0.25) is 0 Å². The number of phenols is 1. The lowest BCUT2D eigenvalue weighted by Crippen LogP contribution is -2.15. The molecule has 2 rings (SSSR count). The van der Waals surface area contributed by atoms with Crippen molar-refractivity contribution in [2.24, 2.45) is 0 Å². The lowest BCUT2D eigenvalue weighted by molar-refractivity contribution is -0.111. The van der Waals surface area contributed by atoms with Crippen molar-refractivity contribution in [2.45, 2.75) is 0 Å². The van der Waals surface area contributed by atoms with Crippen LogP contribution in [-0.2, 0) is 4.79 Å². The SMILES string of the molecule is C=C(C(=O)Nc1ccc(O)cc1C(=O)O)c1ccccc1. The second kappa shape index (κ2) is 5.92. The molecule has 0 aliphatic carbocycles. The van der Waals surface area contributed by atoms with Crippen LogP contribution in [0, 0.1) is 0 Å². The summed E-state index contributed by atoms with van der Waals surface area (Å²) in [6, 6.07) is 12.5. The first-order valence-corrected chi connectivity index (χ1v) is 6.11. The average Bonchev–Trinajstić information content (AvgIpc) is 2.49. The van der Waals surface area contributed by atoms with Crippen LogP contribution in [0.3, 0.4) is 0 Å². The standard InChI is InChI=1S/C16H13NO4/c1-10(11-5-3-2-4-6-11)15(19)17-14-8-7-12(18)9-13(14)16(20)21/h2-9,18H,1H2,(H,17,19)(H,20,21). The predicted octanol–water partition coefficient (Wildman–Crippen LogP) is 2.74. The molecule has 0 saturated heterocycles. The quantitative estimate of drug-likeness (QED) is 0.595. The highest BCUT2D eigenvalue weighted by atomic mass is 16.4. The zero-order chi connectivity index (χ0) is 15.4. The number of carboxylic acids is 1. The number of carboxylic acid groups (broad SMARTS) is 1. The molecule has 0 spiro atoms. The lowest BCUT2D eigenvalue weighted by Gasteiger charge is -2.10. The van der Waals surface area contributed by atoms with E-state index in [9.17, 15) is 14.7 Å². The summed E-state index contributed by atoms with van der Waals surface area (Å²) in [5, 5.41) is 20.9. The largest absolute Gasteiger partial charge is 0.508 e. The van der Waals surface area contributed by atoms with Gasteiger partial charge in [-0.15, -0.1) is 0 Å². The predicted molar refractivity (Wildman–Crippen MR) is 79.2 cm³/mol. The molecule has 0 fully saturated rings. The first kappa shape index (κ1) is 14.3. The molecule has 0 aromatic heterocycles. The molecular formula is C16H13NO4. The Morgan fingerprint density at radius 2 is 1.71 bits per heavy atom. The van der Waals surface area contributed by atoms with Crippen LogP contribution in [0.4, 0.5) is 5.69 Å². The third-order valence-electron chi connectivity index (χ3n) is 2.88.